The lowest BCUT2D eigenvalue weighted by Gasteiger charge is -2.33. The molecule has 4 heterocycles. The maximum atomic E-state index is 14.3. The molecule has 0 unspecified atom stereocenters. The van der Waals surface area contributed by atoms with Gasteiger partial charge in [0.15, 0.2) is 0 Å². The van der Waals surface area contributed by atoms with Crippen molar-refractivity contribution in [3.8, 4) is 11.3 Å². The van der Waals surface area contributed by atoms with Crippen molar-refractivity contribution in [3.63, 3.8) is 0 Å². The quantitative estimate of drug-likeness (QED) is 0.259. The number of aryl methyl sites for hydroxylation is 3. The number of amides is 1. The smallest absolute Gasteiger partial charge is 0.264 e. The number of hydrogen-bond acceptors (Lipinski definition) is 8. The van der Waals surface area contributed by atoms with E-state index < -0.39 is 10.0 Å². The highest BCUT2D eigenvalue weighted by Gasteiger charge is 2.29. The summed E-state index contributed by atoms with van der Waals surface area (Å²) in [6.07, 6.45) is 7.48. The first kappa shape index (κ1) is 32.7. The standard InChI is InChI=1S/C36H42N6O4S/c1-23(2)17-30-12-11-29-19-32(34-24(3)7-5-8-25(34)4)40-36(39-29)41-47(44,45)31-10-6-9-27(18-31)35(43)42(30)22-33-37-20-28(21-38-33)26-13-15-46-16-14-26/h5-10,18-21,23,26,30H,11-17,22H2,1-4H3,(H,39,40,41)/t30-/m0/s1. The first-order chi connectivity index (χ1) is 22.6. The number of sulfonamides is 1. The topological polar surface area (TPSA) is 127 Å². The van der Waals surface area contributed by atoms with Crippen LogP contribution in [-0.2, 0) is 27.7 Å². The molecule has 0 spiro atoms. The Hall–Kier alpha value is -4.22. The SMILES string of the molecule is Cc1cccc(C)c1-c1cc2nc(n1)NS(=O)(=O)c1cccc(c1)C(=O)N(Cc1ncc(C3CCOCC3)cn1)[C@H](CC(C)C)CC2. The molecule has 47 heavy (non-hydrogen) atoms. The van der Waals surface area contributed by atoms with E-state index in [1.165, 1.54) is 12.1 Å². The van der Waals surface area contributed by atoms with E-state index in [1.807, 2.05) is 55.4 Å². The molecule has 2 aromatic heterocycles. The van der Waals surface area contributed by atoms with E-state index in [0.29, 0.717) is 41.9 Å². The van der Waals surface area contributed by atoms with Gasteiger partial charge in [-0.2, -0.15) is 0 Å². The number of carbonyl (C=O) groups is 1. The lowest BCUT2D eigenvalue weighted by Crippen LogP contribution is -2.41. The average Bonchev–Trinajstić information content (AvgIpc) is 3.05. The second-order valence-corrected chi connectivity index (χ2v) is 14.7. The van der Waals surface area contributed by atoms with Gasteiger partial charge in [0.25, 0.3) is 15.9 Å². The van der Waals surface area contributed by atoms with Crippen LogP contribution in [0.25, 0.3) is 11.3 Å². The zero-order valence-corrected chi connectivity index (χ0v) is 28.3. The molecule has 1 saturated heterocycles. The van der Waals surface area contributed by atoms with Crippen LogP contribution in [0, 0.1) is 19.8 Å². The van der Waals surface area contributed by atoms with Crippen LogP contribution in [-0.4, -0.2) is 58.4 Å². The lowest BCUT2D eigenvalue weighted by atomic mass is 9.94. The largest absolute Gasteiger partial charge is 0.381 e. The second kappa shape index (κ2) is 13.9. The number of nitrogens with one attached hydrogen (secondary N) is 1. The lowest BCUT2D eigenvalue weighted by molar-refractivity contribution is 0.0617. The van der Waals surface area contributed by atoms with E-state index in [4.69, 9.17) is 14.7 Å². The summed E-state index contributed by atoms with van der Waals surface area (Å²) in [6.45, 7) is 9.97. The normalized spacial score (nSPS) is 18.6. The molecule has 246 valence electrons. The molecule has 1 N–H and O–H groups in total. The number of fused-ring (bicyclic) bond motifs is 4. The fourth-order valence-electron chi connectivity index (χ4n) is 6.63. The van der Waals surface area contributed by atoms with Crippen LogP contribution in [0.3, 0.4) is 0 Å². The molecule has 0 radical (unpaired) electrons. The van der Waals surface area contributed by atoms with Gasteiger partial charge in [-0.05, 0) is 98.7 Å². The van der Waals surface area contributed by atoms with Gasteiger partial charge in [0, 0.05) is 48.5 Å². The van der Waals surface area contributed by atoms with Gasteiger partial charge in [-0.1, -0.05) is 38.1 Å². The Bertz CT molecular complexity index is 1840. The van der Waals surface area contributed by atoms with Crippen LogP contribution in [0.2, 0.25) is 0 Å². The first-order valence-electron chi connectivity index (χ1n) is 16.3. The average molecular weight is 655 g/mol. The van der Waals surface area contributed by atoms with Crippen LogP contribution in [0.15, 0.2) is 65.8 Å². The third-order valence-corrected chi connectivity index (χ3v) is 10.4. The Kier molecular flexibility index (Phi) is 9.65. The van der Waals surface area contributed by atoms with E-state index in [1.54, 1.807) is 12.1 Å². The van der Waals surface area contributed by atoms with Crippen molar-refractivity contribution in [3.05, 3.63) is 94.7 Å². The summed E-state index contributed by atoms with van der Waals surface area (Å²) in [5.74, 6) is 0.939. The highest BCUT2D eigenvalue weighted by Crippen LogP contribution is 2.30. The van der Waals surface area contributed by atoms with Crippen LogP contribution < -0.4 is 4.72 Å². The summed E-state index contributed by atoms with van der Waals surface area (Å²) >= 11 is 0. The van der Waals surface area contributed by atoms with Crippen molar-refractivity contribution < 1.29 is 17.9 Å². The highest BCUT2D eigenvalue weighted by molar-refractivity contribution is 7.92. The molecule has 2 aliphatic rings. The molecule has 10 nitrogen and oxygen atoms in total. The highest BCUT2D eigenvalue weighted by atomic mass is 32.2. The molecule has 0 saturated carbocycles. The third-order valence-electron chi connectivity index (χ3n) is 9.04. The fourth-order valence-corrected chi connectivity index (χ4v) is 7.62. The zero-order chi connectivity index (χ0) is 33.1. The summed E-state index contributed by atoms with van der Waals surface area (Å²) in [4.78, 5) is 34.9. The van der Waals surface area contributed by atoms with Crippen LogP contribution in [0.4, 0.5) is 5.95 Å². The minimum atomic E-state index is -4.11. The number of carbonyl (C=O) groups excluding carboxylic acids is 1. The van der Waals surface area contributed by atoms with E-state index in [0.717, 1.165) is 54.7 Å². The van der Waals surface area contributed by atoms with E-state index in [2.05, 4.69) is 28.5 Å². The number of ether oxygens (including phenoxy) is 1. The predicted molar refractivity (Wildman–Crippen MR) is 180 cm³/mol. The molecule has 2 aromatic carbocycles. The Morgan fingerprint density at radius 1 is 0.957 bits per heavy atom. The van der Waals surface area contributed by atoms with E-state index in [-0.39, 0.29) is 34.9 Å². The van der Waals surface area contributed by atoms with Gasteiger partial charge < -0.3 is 9.64 Å². The molecule has 6 rings (SSSR count). The Morgan fingerprint density at radius 3 is 2.36 bits per heavy atom. The van der Waals surface area contributed by atoms with Crippen molar-refractivity contribution >= 4 is 21.9 Å². The number of anilines is 1. The maximum absolute atomic E-state index is 14.3. The second-order valence-electron chi connectivity index (χ2n) is 13.0. The Balaban J connectivity index is 1.42. The summed E-state index contributed by atoms with van der Waals surface area (Å²) in [5, 5.41) is 0. The van der Waals surface area contributed by atoms with Gasteiger partial charge in [0.05, 0.1) is 17.1 Å². The number of aromatic nitrogens is 4. The van der Waals surface area contributed by atoms with Gasteiger partial charge in [-0.25, -0.2) is 33.1 Å². The van der Waals surface area contributed by atoms with Gasteiger partial charge >= 0.3 is 0 Å². The van der Waals surface area contributed by atoms with Gasteiger partial charge in [-0.3, -0.25) is 4.79 Å². The fraction of sp³-hybridized carbons (Fsp3) is 0.417. The molecule has 1 amide bonds. The Morgan fingerprint density at radius 2 is 1.66 bits per heavy atom. The zero-order valence-electron chi connectivity index (χ0n) is 27.4. The molecule has 1 fully saturated rings. The van der Waals surface area contributed by atoms with Gasteiger partial charge in [0.1, 0.15) is 5.82 Å². The minimum Gasteiger partial charge on any atom is -0.381 e. The number of benzene rings is 2. The summed E-state index contributed by atoms with van der Waals surface area (Å²) in [6, 6.07) is 13.9. The summed E-state index contributed by atoms with van der Waals surface area (Å²) < 4.78 is 35.4. The molecule has 4 bridgehead atoms. The number of nitrogens with zero attached hydrogens (tertiary/aromatic N) is 5. The molecule has 0 aliphatic carbocycles. The molecular formula is C36H42N6O4S. The molecule has 4 aromatic rings. The molecule has 2 aliphatic heterocycles. The van der Waals surface area contributed by atoms with Crippen molar-refractivity contribution in [2.45, 2.75) is 83.2 Å². The summed E-state index contributed by atoms with van der Waals surface area (Å²) in [7, 11) is -4.11. The van der Waals surface area contributed by atoms with Gasteiger partial charge in [0.2, 0.25) is 5.95 Å². The van der Waals surface area contributed by atoms with E-state index >= 15 is 0 Å². The minimum absolute atomic E-state index is 0.00594. The van der Waals surface area contributed by atoms with Gasteiger partial charge in [-0.15, -0.1) is 0 Å². The van der Waals surface area contributed by atoms with Crippen molar-refractivity contribution in [1.29, 1.82) is 0 Å². The molecular weight excluding hydrogens is 613 g/mol. The first-order valence-corrected chi connectivity index (χ1v) is 17.8. The van der Waals surface area contributed by atoms with E-state index in [9.17, 15) is 13.2 Å². The van der Waals surface area contributed by atoms with Crippen molar-refractivity contribution in [1.82, 2.24) is 24.8 Å². The third kappa shape index (κ3) is 7.52. The van der Waals surface area contributed by atoms with Crippen molar-refractivity contribution in [2.24, 2.45) is 5.92 Å². The van der Waals surface area contributed by atoms with Crippen LogP contribution in [0.1, 0.15) is 84.0 Å². The number of hydrogen-bond donors (Lipinski definition) is 1. The monoisotopic (exact) mass is 654 g/mol. The molecule has 1 atom stereocenters. The van der Waals surface area contributed by atoms with Crippen LogP contribution >= 0.6 is 0 Å². The summed E-state index contributed by atoms with van der Waals surface area (Å²) in [5.41, 5.74) is 5.72. The predicted octanol–water partition coefficient (Wildman–Crippen LogP) is 6.25. The Labute approximate surface area is 277 Å². The molecule has 11 heteroatoms. The maximum Gasteiger partial charge on any atom is 0.264 e. The number of rotatable bonds is 6. The van der Waals surface area contributed by atoms with Crippen molar-refractivity contribution in [2.75, 3.05) is 17.9 Å². The van der Waals surface area contributed by atoms with Crippen LogP contribution in [0.5, 0.6) is 0 Å².